The van der Waals surface area contributed by atoms with E-state index >= 15 is 0 Å². The number of hydrogen-bond acceptors (Lipinski definition) is 3. The molecule has 1 aliphatic carbocycles. The number of ether oxygens (including phenoxy) is 1. The summed E-state index contributed by atoms with van der Waals surface area (Å²) >= 11 is 0. The van der Waals surface area contributed by atoms with Crippen molar-refractivity contribution in [3.8, 4) is 0 Å². The Morgan fingerprint density at radius 2 is 1.95 bits per heavy atom. The Kier molecular flexibility index (Phi) is 5.21. The summed E-state index contributed by atoms with van der Waals surface area (Å²) in [6.45, 7) is 0.259. The van der Waals surface area contributed by atoms with Crippen LogP contribution in [-0.4, -0.2) is 23.3 Å². The van der Waals surface area contributed by atoms with Gasteiger partial charge in [-0.25, -0.2) is 4.79 Å². The molecule has 2 atom stereocenters. The van der Waals surface area contributed by atoms with E-state index in [-0.39, 0.29) is 12.6 Å². The van der Waals surface area contributed by atoms with Crippen molar-refractivity contribution < 1.29 is 14.6 Å². The fourth-order valence-corrected chi connectivity index (χ4v) is 2.37. The van der Waals surface area contributed by atoms with Crippen LogP contribution in [0.5, 0.6) is 0 Å². The minimum absolute atomic E-state index is 0.175. The zero-order valence-electron chi connectivity index (χ0n) is 11.0. The highest BCUT2D eigenvalue weighted by atomic mass is 16.5. The quantitative estimate of drug-likeness (QED) is 0.824. The third-order valence-corrected chi connectivity index (χ3v) is 3.50. The fraction of sp³-hybridized carbons (Fsp3) is 0.533. The number of carbonyl (C=O) groups is 1. The van der Waals surface area contributed by atoms with Gasteiger partial charge in [-0.3, -0.25) is 0 Å². The first kappa shape index (κ1) is 13.9. The van der Waals surface area contributed by atoms with Crippen LogP contribution in [0.15, 0.2) is 30.3 Å². The average Bonchev–Trinajstić information content (AvgIpc) is 2.63. The summed E-state index contributed by atoms with van der Waals surface area (Å²) in [5.74, 6) is 0. The molecular weight excluding hydrogens is 242 g/mol. The summed E-state index contributed by atoms with van der Waals surface area (Å²) in [7, 11) is 0. The predicted molar refractivity (Wildman–Crippen MR) is 72.6 cm³/mol. The van der Waals surface area contributed by atoms with Crippen molar-refractivity contribution in [1.82, 2.24) is 5.32 Å². The van der Waals surface area contributed by atoms with E-state index in [0.29, 0.717) is 0 Å². The van der Waals surface area contributed by atoms with Gasteiger partial charge in [0.2, 0.25) is 0 Å². The van der Waals surface area contributed by atoms with Crippen LogP contribution >= 0.6 is 0 Å². The van der Waals surface area contributed by atoms with Gasteiger partial charge >= 0.3 is 6.09 Å². The van der Waals surface area contributed by atoms with Crippen LogP contribution < -0.4 is 5.32 Å². The van der Waals surface area contributed by atoms with Crippen LogP contribution in [0.1, 0.15) is 37.7 Å². The monoisotopic (exact) mass is 263 g/mol. The Morgan fingerprint density at radius 3 is 2.74 bits per heavy atom. The van der Waals surface area contributed by atoms with Gasteiger partial charge in [0.1, 0.15) is 6.61 Å². The molecule has 2 rings (SSSR count). The smallest absolute Gasteiger partial charge is 0.407 e. The molecule has 0 aliphatic heterocycles. The normalized spacial score (nSPS) is 23.4. The summed E-state index contributed by atoms with van der Waals surface area (Å²) < 4.78 is 5.16. The lowest BCUT2D eigenvalue weighted by Crippen LogP contribution is -2.42. The molecule has 0 unspecified atom stereocenters. The number of aliphatic hydroxyl groups is 1. The Morgan fingerprint density at radius 1 is 1.21 bits per heavy atom. The molecule has 0 spiro atoms. The second kappa shape index (κ2) is 7.14. The second-order valence-corrected chi connectivity index (χ2v) is 5.02. The van der Waals surface area contributed by atoms with E-state index in [0.717, 1.165) is 37.7 Å². The summed E-state index contributed by atoms with van der Waals surface area (Å²) in [4.78, 5) is 11.7. The number of hydrogen-bond donors (Lipinski definition) is 2. The lowest BCUT2D eigenvalue weighted by atomic mass is 10.1. The first-order valence-corrected chi connectivity index (χ1v) is 6.91. The molecule has 2 N–H and O–H groups in total. The zero-order chi connectivity index (χ0) is 13.5. The minimum Gasteiger partial charge on any atom is -0.445 e. The largest absolute Gasteiger partial charge is 0.445 e. The fourth-order valence-electron chi connectivity index (χ4n) is 2.37. The van der Waals surface area contributed by atoms with Gasteiger partial charge in [-0.2, -0.15) is 0 Å². The maximum atomic E-state index is 11.7. The van der Waals surface area contributed by atoms with Gasteiger partial charge in [-0.05, 0) is 18.4 Å². The van der Waals surface area contributed by atoms with E-state index in [1.807, 2.05) is 30.3 Å². The predicted octanol–water partition coefficient (Wildman–Crippen LogP) is 2.61. The molecule has 1 aliphatic rings. The molecule has 0 radical (unpaired) electrons. The van der Waals surface area contributed by atoms with Gasteiger partial charge in [0.15, 0.2) is 0 Å². The van der Waals surface area contributed by atoms with Crippen molar-refractivity contribution in [2.24, 2.45) is 0 Å². The van der Waals surface area contributed by atoms with Crippen LogP contribution in [0.25, 0.3) is 0 Å². The zero-order valence-corrected chi connectivity index (χ0v) is 11.0. The van der Waals surface area contributed by atoms with Crippen LogP contribution in [-0.2, 0) is 11.3 Å². The molecule has 1 amide bonds. The highest BCUT2D eigenvalue weighted by molar-refractivity contribution is 5.67. The van der Waals surface area contributed by atoms with Gasteiger partial charge < -0.3 is 15.2 Å². The molecular formula is C15H21NO3. The maximum absolute atomic E-state index is 11.7. The minimum atomic E-state index is -0.452. The van der Waals surface area contributed by atoms with Crippen LogP contribution in [0.2, 0.25) is 0 Å². The third-order valence-electron chi connectivity index (χ3n) is 3.50. The molecule has 104 valence electrons. The lowest BCUT2D eigenvalue weighted by Gasteiger charge is -2.21. The van der Waals surface area contributed by atoms with Gasteiger partial charge in [0.25, 0.3) is 0 Å². The molecule has 0 saturated heterocycles. The Hall–Kier alpha value is -1.55. The first-order valence-electron chi connectivity index (χ1n) is 6.91. The van der Waals surface area contributed by atoms with E-state index in [1.165, 1.54) is 0 Å². The number of benzene rings is 1. The van der Waals surface area contributed by atoms with E-state index < -0.39 is 12.2 Å². The number of rotatable bonds is 3. The lowest BCUT2D eigenvalue weighted by molar-refractivity contribution is 0.0977. The molecule has 4 nitrogen and oxygen atoms in total. The van der Waals surface area contributed by atoms with E-state index in [9.17, 15) is 9.90 Å². The molecule has 19 heavy (non-hydrogen) atoms. The maximum Gasteiger partial charge on any atom is 0.407 e. The Bertz CT molecular complexity index is 394. The van der Waals surface area contributed by atoms with E-state index in [2.05, 4.69) is 5.32 Å². The topological polar surface area (TPSA) is 58.6 Å². The Labute approximate surface area is 113 Å². The third kappa shape index (κ3) is 4.56. The molecule has 1 fully saturated rings. The van der Waals surface area contributed by atoms with Crippen molar-refractivity contribution in [3.05, 3.63) is 35.9 Å². The number of aliphatic hydroxyl groups excluding tert-OH is 1. The van der Waals surface area contributed by atoms with Crippen molar-refractivity contribution in [2.75, 3.05) is 0 Å². The molecule has 1 aromatic carbocycles. The Balaban J connectivity index is 1.77. The van der Waals surface area contributed by atoms with Crippen molar-refractivity contribution in [3.63, 3.8) is 0 Å². The SMILES string of the molecule is O=C(N[C@H]1CCCCC[C@H]1O)OCc1ccccc1. The standard InChI is InChI=1S/C15H21NO3/c17-14-10-6-2-5-9-13(14)16-15(18)19-11-12-7-3-1-4-8-12/h1,3-4,7-8,13-14,17H,2,5-6,9-11H2,(H,16,18)/t13-,14+/m0/s1. The average molecular weight is 263 g/mol. The van der Waals surface area contributed by atoms with E-state index in [1.54, 1.807) is 0 Å². The molecule has 0 heterocycles. The number of alkyl carbamates (subject to hydrolysis) is 1. The van der Waals surface area contributed by atoms with Crippen LogP contribution in [0, 0.1) is 0 Å². The number of carbonyl (C=O) groups excluding carboxylic acids is 1. The number of amides is 1. The molecule has 4 heteroatoms. The van der Waals surface area contributed by atoms with Crippen LogP contribution in [0.3, 0.4) is 0 Å². The van der Waals surface area contributed by atoms with Crippen molar-refractivity contribution in [1.29, 1.82) is 0 Å². The summed E-state index contributed by atoms with van der Waals surface area (Å²) in [5.41, 5.74) is 0.957. The van der Waals surface area contributed by atoms with Crippen LogP contribution in [0.4, 0.5) is 4.79 Å². The molecule has 0 aromatic heterocycles. The van der Waals surface area contributed by atoms with Crippen molar-refractivity contribution >= 4 is 6.09 Å². The molecule has 0 bridgehead atoms. The first-order chi connectivity index (χ1) is 9.25. The molecule has 1 aromatic rings. The van der Waals surface area contributed by atoms with Gasteiger partial charge in [0.05, 0.1) is 12.1 Å². The highest BCUT2D eigenvalue weighted by Crippen LogP contribution is 2.18. The van der Waals surface area contributed by atoms with Gasteiger partial charge in [-0.15, -0.1) is 0 Å². The van der Waals surface area contributed by atoms with Gasteiger partial charge in [0, 0.05) is 0 Å². The van der Waals surface area contributed by atoms with E-state index in [4.69, 9.17) is 4.74 Å². The highest BCUT2D eigenvalue weighted by Gasteiger charge is 2.23. The number of nitrogens with one attached hydrogen (secondary N) is 1. The summed E-state index contributed by atoms with van der Waals surface area (Å²) in [5, 5.41) is 12.7. The van der Waals surface area contributed by atoms with Crippen molar-refractivity contribution in [2.45, 2.75) is 50.9 Å². The van der Waals surface area contributed by atoms with Gasteiger partial charge in [-0.1, -0.05) is 49.6 Å². The summed E-state index contributed by atoms with van der Waals surface area (Å²) in [6.07, 6.45) is 3.86. The summed E-state index contributed by atoms with van der Waals surface area (Å²) in [6, 6.07) is 9.38. The second-order valence-electron chi connectivity index (χ2n) is 5.02. The molecule has 1 saturated carbocycles.